The van der Waals surface area contributed by atoms with Crippen LogP contribution in [0.2, 0.25) is 0 Å². The summed E-state index contributed by atoms with van der Waals surface area (Å²) < 4.78 is 4.83. The summed E-state index contributed by atoms with van der Waals surface area (Å²) in [5, 5.41) is 12.3. The zero-order valence-corrected chi connectivity index (χ0v) is 9.04. The van der Waals surface area contributed by atoms with E-state index in [1.807, 2.05) is 0 Å². The van der Waals surface area contributed by atoms with Gasteiger partial charge in [0.05, 0.1) is 11.6 Å². The van der Waals surface area contributed by atoms with Gasteiger partial charge in [-0.3, -0.25) is 4.79 Å². The molecule has 0 aliphatic heterocycles. The Hall–Kier alpha value is -0.650. The zero-order valence-electron chi connectivity index (χ0n) is 9.04. The van der Waals surface area contributed by atoms with Crippen LogP contribution in [0, 0.1) is 0 Å². The first-order chi connectivity index (χ1) is 6.39. The van der Waals surface area contributed by atoms with Gasteiger partial charge < -0.3 is 20.9 Å². The van der Waals surface area contributed by atoms with Gasteiger partial charge in [0.15, 0.2) is 0 Å². The maximum Gasteiger partial charge on any atom is 0.236 e. The number of hydrogen-bond donors (Lipinski definition) is 3. The lowest BCUT2D eigenvalue weighted by Crippen LogP contribution is -2.46. The smallest absolute Gasteiger partial charge is 0.236 e. The first kappa shape index (κ1) is 13.4. The molecular formula is C9H20N2O3. The van der Waals surface area contributed by atoms with Crippen molar-refractivity contribution in [2.45, 2.75) is 31.9 Å². The molecule has 0 radical (unpaired) electrons. The summed E-state index contributed by atoms with van der Waals surface area (Å²) >= 11 is 0. The standard InChI is InChI=1S/C9H20N2O3/c1-7(10)8(12)11-6-9(2,13)4-5-14-3/h7,13H,4-6,10H2,1-3H3,(H,11,12). The fraction of sp³-hybridized carbons (Fsp3) is 0.889. The number of aliphatic hydroxyl groups is 1. The summed E-state index contributed by atoms with van der Waals surface area (Å²) in [6.07, 6.45) is 0.475. The van der Waals surface area contributed by atoms with Crippen LogP contribution in [0.25, 0.3) is 0 Å². The van der Waals surface area contributed by atoms with Gasteiger partial charge in [0.2, 0.25) is 5.91 Å². The van der Waals surface area contributed by atoms with Crippen LogP contribution < -0.4 is 11.1 Å². The van der Waals surface area contributed by atoms with E-state index in [4.69, 9.17) is 10.5 Å². The van der Waals surface area contributed by atoms with Crippen molar-refractivity contribution in [3.05, 3.63) is 0 Å². The number of amides is 1. The highest BCUT2D eigenvalue weighted by molar-refractivity contribution is 5.80. The third-order valence-electron chi connectivity index (χ3n) is 1.90. The minimum Gasteiger partial charge on any atom is -0.388 e. The molecule has 1 amide bonds. The highest BCUT2D eigenvalue weighted by Gasteiger charge is 2.21. The van der Waals surface area contributed by atoms with Crippen molar-refractivity contribution in [3.8, 4) is 0 Å². The Balaban J connectivity index is 3.80. The number of carbonyl (C=O) groups is 1. The van der Waals surface area contributed by atoms with Crippen molar-refractivity contribution in [2.75, 3.05) is 20.3 Å². The summed E-state index contributed by atoms with van der Waals surface area (Å²) in [5.74, 6) is -0.261. The monoisotopic (exact) mass is 204 g/mol. The molecule has 0 aromatic rings. The van der Waals surface area contributed by atoms with Gasteiger partial charge in [-0.15, -0.1) is 0 Å². The molecule has 0 aliphatic rings. The van der Waals surface area contributed by atoms with Crippen molar-refractivity contribution in [1.82, 2.24) is 5.32 Å². The largest absolute Gasteiger partial charge is 0.388 e. The van der Waals surface area contributed by atoms with Crippen LogP contribution in [0.3, 0.4) is 0 Å². The number of ether oxygens (including phenoxy) is 1. The lowest BCUT2D eigenvalue weighted by molar-refractivity contribution is -0.123. The highest BCUT2D eigenvalue weighted by Crippen LogP contribution is 2.07. The fourth-order valence-corrected chi connectivity index (χ4v) is 0.849. The Labute approximate surface area is 84.6 Å². The van der Waals surface area contributed by atoms with Gasteiger partial charge in [-0.1, -0.05) is 0 Å². The van der Waals surface area contributed by atoms with Crippen LogP contribution in [0.1, 0.15) is 20.3 Å². The second-order valence-corrected chi connectivity index (χ2v) is 3.75. The van der Waals surface area contributed by atoms with Crippen LogP contribution in [-0.4, -0.2) is 42.9 Å². The molecule has 0 bridgehead atoms. The predicted octanol–water partition coefficient (Wildman–Crippen LogP) is -0.763. The van der Waals surface area contributed by atoms with Gasteiger partial charge >= 0.3 is 0 Å². The van der Waals surface area contributed by atoms with Crippen LogP contribution in [-0.2, 0) is 9.53 Å². The lowest BCUT2D eigenvalue weighted by atomic mass is 10.0. The second kappa shape index (κ2) is 5.95. The maximum absolute atomic E-state index is 11.1. The molecule has 0 saturated carbocycles. The van der Waals surface area contributed by atoms with E-state index >= 15 is 0 Å². The molecule has 0 aromatic heterocycles. The molecular weight excluding hydrogens is 184 g/mol. The van der Waals surface area contributed by atoms with Gasteiger partial charge in [0.25, 0.3) is 0 Å². The minimum atomic E-state index is -0.944. The van der Waals surface area contributed by atoms with Crippen molar-refractivity contribution in [2.24, 2.45) is 5.73 Å². The molecule has 14 heavy (non-hydrogen) atoms. The molecule has 84 valence electrons. The van der Waals surface area contributed by atoms with E-state index in [2.05, 4.69) is 5.32 Å². The van der Waals surface area contributed by atoms with Gasteiger partial charge in [-0.2, -0.15) is 0 Å². The molecule has 4 N–H and O–H groups in total. The zero-order chi connectivity index (χ0) is 11.2. The molecule has 0 aliphatic carbocycles. The molecule has 5 heteroatoms. The number of carbonyl (C=O) groups excluding carboxylic acids is 1. The SMILES string of the molecule is COCCC(C)(O)CNC(=O)C(C)N. The molecule has 0 rings (SSSR count). The minimum absolute atomic E-state index is 0.191. The summed E-state index contributed by atoms with van der Waals surface area (Å²) in [4.78, 5) is 11.1. The lowest BCUT2D eigenvalue weighted by Gasteiger charge is -2.23. The van der Waals surface area contributed by atoms with Crippen molar-refractivity contribution < 1.29 is 14.6 Å². The third kappa shape index (κ3) is 5.90. The van der Waals surface area contributed by atoms with Crippen molar-refractivity contribution in [1.29, 1.82) is 0 Å². The average molecular weight is 204 g/mol. The first-order valence-electron chi connectivity index (χ1n) is 4.63. The fourth-order valence-electron chi connectivity index (χ4n) is 0.849. The molecule has 0 saturated heterocycles. The van der Waals surface area contributed by atoms with Crippen LogP contribution in [0.5, 0.6) is 0 Å². The number of nitrogens with two attached hydrogens (primary N) is 1. The van der Waals surface area contributed by atoms with E-state index in [0.29, 0.717) is 13.0 Å². The van der Waals surface area contributed by atoms with E-state index in [-0.39, 0.29) is 12.5 Å². The van der Waals surface area contributed by atoms with Crippen LogP contribution in [0.4, 0.5) is 0 Å². The molecule has 0 heterocycles. The van der Waals surface area contributed by atoms with Crippen LogP contribution >= 0.6 is 0 Å². The molecule has 5 nitrogen and oxygen atoms in total. The summed E-state index contributed by atoms with van der Waals surface area (Å²) in [6.45, 7) is 3.89. The quantitative estimate of drug-likeness (QED) is 0.531. The molecule has 2 atom stereocenters. The molecule has 0 spiro atoms. The Kier molecular flexibility index (Phi) is 5.68. The van der Waals surface area contributed by atoms with Gasteiger partial charge in [0.1, 0.15) is 0 Å². The number of hydrogen-bond acceptors (Lipinski definition) is 4. The van der Waals surface area contributed by atoms with Crippen LogP contribution in [0.15, 0.2) is 0 Å². The molecule has 2 unspecified atom stereocenters. The summed E-state index contributed by atoms with van der Waals surface area (Å²) in [7, 11) is 1.57. The average Bonchev–Trinajstić information content (AvgIpc) is 2.11. The van der Waals surface area contributed by atoms with E-state index in [0.717, 1.165) is 0 Å². The van der Waals surface area contributed by atoms with Gasteiger partial charge in [0, 0.05) is 26.7 Å². The highest BCUT2D eigenvalue weighted by atomic mass is 16.5. The van der Waals surface area contributed by atoms with Gasteiger partial charge in [-0.25, -0.2) is 0 Å². The normalized spacial score (nSPS) is 17.2. The number of methoxy groups -OCH3 is 1. The summed E-state index contributed by atoms with van der Waals surface area (Å²) in [6, 6.07) is -0.548. The Morgan fingerprint density at radius 3 is 2.71 bits per heavy atom. The Morgan fingerprint density at radius 2 is 2.29 bits per heavy atom. The first-order valence-corrected chi connectivity index (χ1v) is 4.63. The van der Waals surface area contributed by atoms with Gasteiger partial charge in [-0.05, 0) is 13.8 Å². The molecule has 0 aromatic carbocycles. The molecule has 0 fully saturated rings. The van der Waals surface area contributed by atoms with E-state index in [1.54, 1.807) is 21.0 Å². The predicted molar refractivity (Wildman–Crippen MR) is 53.8 cm³/mol. The van der Waals surface area contributed by atoms with Crippen molar-refractivity contribution >= 4 is 5.91 Å². The topological polar surface area (TPSA) is 84.6 Å². The maximum atomic E-state index is 11.1. The van der Waals surface area contributed by atoms with E-state index < -0.39 is 11.6 Å². The second-order valence-electron chi connectivity index (χ2n) is 3.75. The van der Waals surface area contributed by atoms with E-state index in [1.165, 1.54) is 0 Å². The number of rotatable bonds is 6. The van der Waals surface area contributed by atoms with E-state index in [9.17, 15) is 9.90 Å². The third-order valence-corrected chi connectivity index (χ3v) is 1.90. The Bertz CT molecular complexity index is 181. The van der Waals surface area contributed by atoms with Crippen molar-refractivity contribution in [3.63, 3.8) is 0 Å². The Morgan fingerprint density at radius 1 is 1.71 bits per heavy atom. The summed E-state index contributed by atoms with van der Waals surface area (Å²) in [5.41, 5.74) is 4.40. The number of nitrogens with one attached hydrogen (secondary N) is 1.